The molecule has 2 aromatic heterocycles. The number of nitrogens with zero attached hydrogens (tertiary/aromatic N) is 2. The molecule has 1 fully saturated rings. The van der Waals surface area contributed by atoms with Crippen LogP contribution >= 0.6 is 22.7 Å². The molecule has 0 aromatic carbocycles. The first-order valence-electron chi connectivity index (χ1n) is 8.92. The number of carbonyl (C=O) groups excluding carboxylic acids is 1. The number of rotatable bonds is 6. The summed E-state index contributed by atoms with van der Waals surface area (Å²) < 4.78 is 0. The average molecular weight is 378 g/mol. The second-order valence-corrected chi connectivity index (χ2v) is 8.80. The number of amides is 2. The summed E-state index contributed by atoms with van der Waals surface area (Å²) in [6.07, 6.45) is 2.33. The summed E-state index contributed by atoms with van der Waals surface area (Å²) in [5.74, 6) is 0.592. The number of hydrogen-bond acceptors (Lipinski definition) is 4. The summed E-state index contributed by atoms with van der Waals surface area (Å²) in [5, 5.41) is 7.33. The lowest BCUT2D eigenvalue weighted by Gasteiger charge is -2.32. The number of carbonyl (C=O) groups is 1. The van der Waals surface area contributed by atoms with Crippen molar-refractivity contribution in [2.24, 2.45) is 5.92 Å². The molecule has 1 N–H and O–H groups in total. The molecule has 0 saturated carbocycles. The maximum atomic E-state index is 12.4. The van der Waals surface area contributed by atoms with Crippen molar-refractivity contribution in [1.82, 2.24) is 15.1 Å². The van der Waals surface area contributed by atoms with Gasteiger partial charge in [0.15, 0.2) is 0 Å². The number of urea groups is 1. The van der Waals surface area contributed by atoms with Crippen LogP contribution < -0.4 is 5.32 Å². The van der Waals surface area contributed by atoms with Gasteiger partial charge in [0.25, 0.3) is 0 Å². The van der Waals surface area contributed by atoms with E-state index in [0.29, 0.717) is 5.92 Å². The van der Waals surface area contributed by atoms with Gasteiger partial charge in [-0.1, -0.05) is 12.1 Å². The van der Waals surface area contributed by atoms with E-state index in [1.807, 2.05) is 24.5 Å². The zero-order valence-electron chi connectivity index (χ0n) is 15.0. The molecule has 4 nitrogen and oxygen atoms in total. The van der Waals surface area contributed by atoms with Crippen LogP contribution in [0, 0.1) is 5.92 Å². The lowest BCUT2D eigenvalue weighted by molar-refractivity contribution is 0.168. The van der Waals surface area contributed by atoms with Gasteiger partial charge in [-0.25, -0.2) is 4.79 Å². The molecule has 1 atom stereocenters. The van der Waals surface area contributed by atoms with Crippen molar-refractivity contribution in [3.05, 3.63) is 44.8 Å². The topological polar surface area (TPSA) is 35.6 Å². The van der Waals surface area contributed by atoms with Crippen LogP contribution in [-0.4, -0.2) is 42.5 Å². The Kier molecular flexibility index (Phi) is 6.51. The van der Waals surface area contributed by atoms with Crippen LogP contribution in [0.4, 0.5) is 4.79 Å². The highest BCUT2D eigenvalue weighted by Crippen LogP contribution is 2.24. The van der Waals surface area contributed by atoms with Crippen LogP contribution in [0.15, 0.2) is 35.0 Å². The van der Waals surface area contributed by atoms with Gasteiger partial charge >= 0.3 is 6.03 Å². The van der Waals surface area contributed by atoms with Gasteiger partial charge in [0.05, 0.1) is 6.04 Å². The van der Waals surface area contributed by atoms with Crippen LogP contribution in [0.1, 0.15) is 35.6 Å². The molecule has 0 radical (unpaired) electrons. The number of piperidine rings is 1. The van der Waals surface area contributed by atoms with E-state index in [1.54, 1.807) is 16.2 Å². The molecule has 0 spiro atoms. The Labute approximate surface area is 158 Å². The van der Waals surface area contributed by atoms with Crippen LogP contribution in [0.25, 0.3) is 0 Å². The molecule has 1 saturated heterocycles. The second kappa shape index (κ2) is 8.83. The van der Waals surface area contributed by atoms with E-state index >= 15 is 0 Å². The summed E-state index contributed by atoms with van der Waals surface area (Å²) >= 11 is 3.53. The average Bonchev–Trinajstić information content (AvgIpc) is 3.33. The van der Waals surface area contributed by atoms with Gasteiger partial charge < -0.3 is 10.2 Å². The van der Waals surface area contributed by atoms with Crippen LogP contribution in [0.5, 0.6) is 0 Å². The quantitative estimate of drug-likeness (QED) is 0.809. The lowest BCUT2D eigenvalue weighted by Crippen LogP contribution is -2.43. The maximum Gasteiger partial charge on any atom is 0.317 e. The summed E-state index contributed by atoms with van der Waals surface area (Å²) in [5.41, 5.74) is 0. The minimum absolute atomic E-state index is 0.0296. The van der Waals surface area contributed by atoms with Crippen LogP contribution in [0.2, 0.25) is 0 Å². The molecule has 2 amide bonds. The third kappa shape index (κ3) is 5.06. The van der Waals surface area contributed by atoms with Gasteiger partial charge in [-0.3, -0.25) is 4.90 Å². The third-order valence-corrected chi connectivity index (χ3v) is 6.97. The Morgan fingerprint density at radius 1 is 1.28 bits per heavy atom. The van der Waals surface area contributed by atoms with Crippen LogP contribution in [-0.2, 0) is 6.54 Å². The fraction of sp³-hybridized carbons (Fsp3) is 0.526. The van der Waals surface area contributed by atoms with Gasteiger partial charge in [0.2, 0.25) is 0 Å². The number of thiophene rings is 2. The minimum Gasteiger partial charge on any atom is -0.338 e. The predicted molar refractivity (Wildman–Crippen MR) is 106 cm³/mol. The molecule has 0 aliphatic carbocycles. The number of nitrogens with one attached hydrogen (secondary N) is 1. The molecular formula is C19H27N3OS2. The smallest absolute Gasteiger partial charge is 0.317 e. The Morgan fingerprint density at radius 3 is 2.64 bits per heavy atom. The minimum atomic E-state index is 0.0296. The monoisotopic (exact) mass is 377 g/mol. The van der Waals surface area contributed by atoms with Crippen molar-refractivity contribution in [3.8, 4) is 0 Å². The highest BCUT2D eigenvalue weighted by Gasteiger charge is 2.22. The molecule has 6 heteroatoms. The molecule has 2 aromatic rings. The van der Waals surface area contributed by atoms with Gasteiger partial charge in [0, 0.05) is 29.9 Å². The predicted octanol–water partition coefficient (Wildman–Crippen LogP) is 4.42. The van der Waals surface area contributed by atoms with E-state index in [-0.39, 0.29) is 12.1 Å². The van der Waals surface area contributed by atoms with E-state index in [2.05, 4.69) is 46.1 Å². The van der Waals surface area contributed by atoms with Gasteiger partial charge in [-0.15, -0.1) is 22.7 Å². The van der Waals surface area contributed by atoms with E-state index in [4.69, 9.17) is 0 Å². The summed E-state index contributed by atoms with van der Waals surface area (Å²) in [6, 6.07) is 8.60. The first-order valence-corrected chi connectivity index (χ1v) is 10.7. The molecule has 3 heterocycles. The molecule has 1 aliphatic rings. The van der Waals surface area contributed by atoms with Crippen molar-refractivity contribution < 1.29 is 4.79 Å². The molecule has 1 aliphatic heterocycles. The fourth-order valence-corrected chi connectivity index (χ4v) is 4.80. The van der Waals surface area contributed by atoms with Gasteiger partial charge in [0.1, 0.15) is 0 Å². The summed E-state index contributed by atoms with van der Waals surface area (Å²) in [7, 11) is 1.88. The fourth-order valence-electron chi connectivity index (χ4n) is 3.22. The Hall–Kier alpha value is -1.37. The Bertz CT molecular complexity index is 634. The van der Waals surface area contributed by atoms with Crippen LogP contribution in [0.3, 0.4) is 0 Å². The Balaban J connectivity index is 1.38. The molecular weight excluding hydrogens is 350 g/mol. The highest BCUT2D eigenvalue weighted by molar-refractivity contribution is 7.10. The lowest BCUT2D eigenvalue weighted by atomic mass is 9.97. The molecule has 0 bridgehead atoms. The Morgan fingerprint density at radius 2 is 2.00 bits per heavy atom. The van der Waals surface area contributed by atoms with Gasteiger partial charge in [-0.05, 0) is 61.7 Å². The summed E-state index contributed by atoms with van der Waals surface area (Å²) in [4.78, 5) is 19.4. The van der Waals surface area contributed by atoms with E-state index in [1.165, 1.54) is 9.75 Å². The molecule has 25 heavy (non-hydrogen) atoms. The number of hydrogen-bond donors (Lipinski definition) is 1. The van der Waals surface area contributed by atoms with E-state index in [0.717, 1.165) is 39.0 Å². The maximum absolute atomic E-state index is 12.4. The van der Waals surface area contributed by atoms with Crippen molar-refractivity contribution >= 4 is 28.7 Å². The third-order valence-electron chi connectivity index (χ3n) is 5.06. The highest BCUT2D eigenvalue weighted by atomic mass is 32.1. The molecule has 1 unspecified atom stereocenters. The zero-order chi connectivity index (χ0) is 17.6. The van der Waals surface area contributed by atoms with Crippen molar-refractivity contribution in [1.29, 1.82) is 0 Å². The van der Waals surface area contributed by atoms with Crippen molar-refractivity contribution in [2.45, 2.75) is 32.4 Å². The first kappa shape index (κ1) is 18.4. The normalized spacial score (nSPS) is 17.4. The van der Waals surface area contributed by atoms with Crippen molar-refractivity contribution in [2.75, 3.05) is 26.7 Å². The summed E-state index contributed by atoms with van der Waals surface area (Å²) in [6.45, 7) is 6.18. The van der Waals surface area contributed by atoms with Gasteiger partial charge in [-0.2, -0.15) is 0 Å². The SMILES string of the molecule is CC(c1cccs1)N(C)C(=O)NCC1CCN(Cc2cccs2)CC1. The standard InChI is InChI=1S/C19H27N3OS2/c1-15(18-6-4-12-25-18)21(2)19(23)20-13-16-7-9-22(10-8-16)14-17-5-3-11-24-17/h3-6,11-12,15-16H,7-10,13-14H2,1-2H3,(H,20,23). The second-order valence-electron chi connectivity index (χ2n) is 6.79. The van der Waals surface area contributed by atoms with E-state index in [9.17, 15) is 4.79 Å². The zero-order valence-corrected chi connectivity index (χ0v) is 16.6. The first-order chi connectivity index (χ1) is 12.1. The number of likely N-dealkylation sites (tertiary alicyclic amines) is 1. The van der Waals surface area contributed by atoms with E-state index < -0.39 is 0 Å². The molecule has 136 valence electrons. The largest absolute Gasteiger partial charge is 0.338 e. The van der Waals surface area contributed by atoms with Crippen molar-refractivity contribution in [3.63, 3.8) is 0 Å². The molecule has 3 rings (SSSR count).